The van der Waals surface area contributed by atoms with Crippen LogP contribution in [0, 0.1) is 0 Å². The molecule has 0 saturated carbocycles. The van der Waals surface area contributed by atoms with E-state index in [9.17, 15) is 0 Å². The zero-order chi connectivity index (χ0) is 9.68. The third-order valence-corrected chi connectivity index (χ3v) is 1.89. The van der Waals surface area contributed by atoms with Gasteiger partial charge in [0.15, 0.2) is 0 Å². The molecule has 0 aliphatic heterocycles. The molecule has 0 aliphatic carbocycles. The fraction of sp³-hybridized carbons (Fsp3) is 0.400. The van der Waals surface area contributed by atoms with Crippen LogP contribution in [0.15, 0.2) is 24.3 Å². The van der Waals surface area contributed by atoms with Crippen molar-refractivity contribution >= 4 is 12.4 Å². The van der Waals surface area contributed by atoms with Gasteiger partial charge in [-0.05, 0) is 11.1 Å². The predicted molar refractivity (Wildman–Crippen MR) is 58.4 cm³/mol. The molecule has 0 fully saturated rings. The van der Waals surface area contributed by atoms with Gasteiger partial charge in [-0.2, -0.15) is 0 Å². The summed E-state index contributed by atoms with van der Waals surface area (Å²) in [4.78, 5) is 0. The molecule has 0 radical (unpaired) electrons. The van der Waals surface area contributed by atoms with E-state index in [1.807, 2.05) is 24.3 Å². The Balaban J connectivity index is 0.00000169. The fourth-order valence-electron chi connectivity index (χ4n) is 1.19. The van der Waals surface area contributed by atoms with Gasteiger partial charge >= 0.3 is 0 Å². The third kappa shape index (κ3) is 3.64. The van der Waals surface area contributed by atoms with Gasteiger partial charge in [0.2, 0.25) is 0 Å². The minimum atomic E-state index is -0.295. The first-order valence-corrected chi connectivity index (χ1v) is 4.22. The van der Waals surface area contributed by atoms with Crippen molar-refractivity contribution in [3.8, 4) is 0 Å². The Kier molecular flexibility index (Phi) is 6.49. The van der Waals surface area contributed by atoms with Crippen molar-refractivity contribution in [2.75, 3.05) is 13.7 Å². The lowest BCUT2D eigenvalue weighted by atomic mass is 10.1. The molecule has 14 heavy (non-hydrogen) atoms. The predicted octanol–water partition coefficient (Wildman–Crippen LogP) is 1.25. The van der Waals surface area contributed by atoms with Gasteiger partial charge in [0.25, 0.3) is 0 Å². The lowest BCUT2D eigenvalue weighted by molar-refractivity contribution is 0.184. The highest BCUT2D eigenvalue weighted by Gasteiger charge is 2.03. The number of hydrogen-bond acceptors (Lipinski definition) is 3. The van der Waals surface area contributed by atoms with Crippen LogP contribution in [0.5, 0.6) is 0 Å². The Hall–Kier alpha value is -0.610. The van der Waals surface area contributed by atoms with Crippen LogP contribution in [0.4, 0.5) is 0 Å². The van der Waals surface area contributed by atoms with Crippen molar-refractivity contribution in [2.24, 2.45) is 5.73 Å². The summed E-state index contributed by atoms with van der Waals surface area (Å²) in [5, 5.41) is 8.85. The maximum absolute atomic E-state index is 8.85. The van der Waals surface area contributed by atoms with Gasteiger partial charge in [0, 0.05) is 7.11 Å². The summed E-state index contributed by atoms with van der Waals surface area (Å²) >= 11 is 0. The van der Waals surface area contributed by atoms with Gasteiger partial charge in [0.05, 0.1) is 19.3 Å². The number of aliphatic hydroxyl groups excluding tert-OH is 1. The number of nitrogens with two attached hydrogens (primary N) is 1. The fourth-order valence-corrected chi connectivity index (χ4v) is 1.19. The van der Waals surface area contributed by atoms with E-state index >= 15 is 0 Å². The van der Waals surface area contributed by atoms with Crippen LogP contribution < -0.4 is 5.73 Å². The molecule has 0 spiro atoms. The largest absolute Gasteiger partial charge is 0.394 e. The van der Waals surface area contributed by atoms with Gasteiger partial charge < -0.3 is 15.6 Å². The Morgan fingerprint density at radius 3 is 2.79 bits per heavy atom. The number of methoxy groups -OCH3 is 1. The molecule has 0 heterocycles. The van der Waals surface area contributed by atoms with Crippen molar-refractivity contribution in [3.05, 3.63) is 35.4 Å². The van der Waals surface area contributed by atoms with Gasteiger partial charge in [-0.3, -0.25) is 0 Å². The normalized spacial score (nSPS) is 11.9. The van der Waals surface area contributed by atoms with Crippen molar-refractivity contribution < 1.29 is 9.84 Å². The highest BCUT2D eigenvalue weighted by Crippen LogP contribution is 2.12. The smallest absolute Gasteiger partial charge is 0.0713 e. The summed E-state index contributed by atoms with van der Waals surface area (Å²) in [6, 6.07) is 7.44. The van der Waals surface area contributed by atoms with Crippen LogP contribution in [0.2, 0.25) is 0 Å². The Bertz CT molecular complexity index is 268. The molecule has 3 nitrogen and oxygen atoms in total. The summed E-state index contributed by atoms with van der Waals surface area (Å²) < 4.78 is 4.99. The van der Waals surface area contributed by atoms with E-state index in [-0.39, 0.29) is 25.1 Å². The molecule has 0 unspecified atom stereocenters. The number of hydrogen-bond donors (Lipinski definition) is 2. The SMILES string of the molecule is COCc1cccc([C@@H](N)CO)c1.Cl. The number of halogens is 1. The van der Waals surface area contributed by atoms with Crippen LogP contribution in [0.25, 0.3) is 0 Å². The summed E-state index contributed by atoms with van der Waals surface area (Å²) in [5.41, 5.74) is 7.68. The van der Waals surface area contributed by atoms with Crippen molar-refractivity contribution in [3.63, 3.8) is 0 Å². The van der Waals surface area contributed by atoms with Crippen molar-refractivity contribution in [1.29, 1.82) is 0 Å². The van der Waals surface area contributed by atoms with Gasteiger partial charge in [-0.25, -0.2) is 0 Å². The Morgan fingerprint density at radius 2 is 2.21 bits per heavy atom. The zero-order valence-electron chi connectivity index (χ0n) is 8.14. The van der Waals surface area contributed by atoms with E-state index in [4.69, 9.17) is 15.6 Å². The molecule has 1 aromatic carbocycles. The highest BCUT2D eigenvalue weighted by atomic mass is 35.5. The van der Waals surface area contributed by atoms with Gasteiger partial charge in [-0.1, -0.05) is 24.3 Å². The molecule has 80 valence electrons. The Morgan fingerprint density at radius 1 is 1.50 bits per heavy atom. The number of benzene rings is 1. The Labute approximate surface area is 90.3 Å². The first kappa shape index (κ1) is 13.4. The van der Waals surface area contributed by atoms with Crippen LogP contribution in [-0.4, -0.2) is 18.8 Å². The maximum Gasteiger partial charge on any atom is 0.0713 e. The molecule has 0 aliphatic rings. The van der Waals surface area contributed by atoms with Crippen molar-refractivity contribution in [2.45, 2.75) is 12.6 Å². The lowest BCUT2D eigenvalue weighted by Gasteiger charge is -2.09. The molecule has 0 aromatic heterocycles. The van der Waals surface area contributed by atoms with E-state index in [1.54, 1.807) is 7.11 Å². The number of aliphatic hydroxyl groups is 1. The van der Waals surface area contributed by atoms with Crippen LogP contribution in [0.1, 0.15) is 17.2 Å². The van der Waals surface area contributed by atoms with Crippen LogP contribution in [-0.2, 0) is 11.3 Å². The zero-order valence-corrected chi connectivity index (χ0v) is 8.96. The standard InChI is InChI=1S/C10H15NO2.ClH/c1-13-7-8-3-2-4-9(5-8)10(11)6-12;/h2-5,10,12H,6-7,11H2,1H3;1H/t10-;/m0./s1. The summed E-state index contributed by atoms with van der Waals surface area (Å²) in [6.45, 7) is 0.544. The molecule has 0 amide bonds. The average Bonchev–Trinajstić information content (AvgIpc) is 2.18. The average molecular weight is 218 g/mol. The minimum Gasteiger partial charge on any atom is -0.394 e. The van der Waals surface area contributed by atoms with E-state index in [0.717, 1.165) is 11.1 Å². The van der Waals surface area contributed by atoms with E-state index in [1.165, 1.54) is 0 Å². The molecule has 0 saturated heterocycles. The molecule has 1 atom stereocenters. The molecule has 1 rings (SSSR count). The monoisotopic (exact) mass is 217 g/mol. The molecule has 1 aromatic rings. The first-order valence-electron chi connectivity index (χ1n) is 4.22. The maximum atomic E-state index is 8.85. The van der Waals surface area contributed by atoms with Crippen LogP contribution in [0.3, 0.4) is 0 Å². The minimum absolute atomic E-state index is 0. The molecule has 3 N–H and O–H groups in total. The van der Waals surface area contributed by atoms with Crippen molar-refractivity contribution in [1.82, 2.24) is 0 Å². The lowest BCUT2D eigenvalue weighted by Crippen LogP contribution is -2.14. The molecular formula is C10H16ClNO2. The highest BCUT2D eigenvalue weighted by molar-refractivity contribution is 5.85. The summed E-state index contributed by atoms with van der Waals surface area (Å²) in [5.74, 6) is 0. The number of rotatable bonds is 4. The molecule has 4 heteroatoms. The summed E-state index contributed by atoms with van der Waals surface area (Å²) in [6.07, 6.45) is 0. The quantitative estimate of drug-likeness (QED) is 0.798. The van der Waals surface area contributed by atoms with E-state index in [0.29, 0.717) is 6.61 Å². The van der Waals surface area contributed by atoms with Crippen LogP contribution >= 0.6 is 12.4 Å². The second kappa shape index (κ2) is 6.79. The first-order chi connectivity index (χ1) is 6.27. The second-order valence-corrected chi connectivity index (χ2v) is 2.97. The second-order valence-electron chi connectivity index (χ2n) is 2.97. The summed E-state index contributed by atoms with van der Waals surface area (Å²) in [7, 11) is 1.65. The topological polar surface area (TPSA) is 55.5 Å². The molecule has 0 bridgehead atoms. The van der Waals surface area contributed by atoms with E-state index < -0.39 is 0 Å². The third-order valence-electron chi connectivity index (χ3n) is 1.89. The van der Waals surface area contributed by atoms with E-state index in [2.05, 4.69) is 0 Å². The number of ether oxygens (including phenoxy) is 1. The van der Waals surface area contributed by atoms with Gasteiger partial charge in [-0.15, -0.1) is 12.4 Å². The molecular weight excluding hydrogens is 202 g/mol. The van der Waals surface area contributed by atoms with Gasteiger partial charge in [0.1, 0.15) is 0 Å².